The van der Waals surface area contributed by atoms with Gasteiger partial charge in [0.05, 0.1) is 24.5 Å². The Morgan fingerprint density at radius 2 is 2.11 bits per heavy atom. The summed E-state index contributed by atoms with van der Waals surface area (Å²) in [6, 6.07) is 7.35. The molecule has 0 spiro atoms. The molecule has 0 bridgehead atoms. The third-order valence-electron chi connectivity index (χ3n) is 3.82. The second-order valence-electron chi connectivity index (χ2n) is 5.96. The standard InChI is InChI=1S/C18H18FN5O3/c1-10-7-14(24-27-10)18(26)21-9-16(25)22-11(2)17-20-8-15(23-17)12-5-3-4-6-13(12)19/h3-8,11H,9H2,1-2H3,(H,20,23)(H,21,26)(H,22,25). The third kappa shape index (κ3) is 4.38. The number of nitrogens with zero attached hydrogens (tertiary/aromatic N) is 2. The van der Waals surface area contributed by atoms with Gasteiger partial charge in [0.25, 0.3) is 5.91 Å². The molecule has 0 saturated carbocycles. The highest BCUT2D eigenvalue weighted by Crippen LogP contribution is 2.21. The minimum atomic E-state index is -0.505. The van der Waals surface area contributed by atoms with Crippen molar-refractivity contribution in [1.29, 1.82) is 0 Å². The molecular formula is C18H18FN5O3. The zero-order valence-electron chi connectivity index (χ0n) is 14.7. The number of aryl methyl sites for hydroxylation is 1. The van der Waals surface area contributed by atoms with Gasteiger partial charge in [-0.05, 0) is 26.0 Å². The van der Waals surface area contributed by atoms with Gasteiger partial charge in [0.15, 0.2) is 5.69 Å². The van der Waals surface area contributed by atoms with Crippen molar-refractivity contribution in [1.82, 2.24) is 25.8 Å². The predicted molar refractivity (Wildman–Crippen MR) is 94.1 cm³/mol. The number of imidazole rings is 1. The maximum absolute atomic E-state index is 13.8. The Balaban J connectivity index is 1.56. The van der Waals surface area contributed by atoms with Crippen LogP contribution in [0.5, 0.6) is 0 Å². The van der Waals surface area contributed by atoms with Gasteiger partial charge in [0.1, 0.15) is 17.4 Å². The van der Waals surface area contributed by atoms with E-state index in [1.165, 1.54) is 18.3 Å². The lowest BCUT2D eigenvalue weighted by atomic mass is 10.1. The molecule has 2 heterocycles. The Labute approximate surface area is 154 Å². The average Bonchev–Trinajstić information content (AvgIpc) is 3.29. The number of rotatable bonds is 6. The summed E-state index contributed by atoms with van der Waals surface area (Å²) in [5.74, 6) is -0.300. The lowest BCUT2D eigenvalue weighted by Gasteiger charge is -2.11. The van der Waals surface area contributed by atoms with E-state index in [1.807, 2.05) is 0 Å². The van der Waals surface area contributed by atoms with Crippen molar-refractivity contribution in [3.05, 3.63) is 59.6 Å². The lowest BCUT2D eigenvalue weighted by molar-refractivity contribution is -0.120. The van der Waals surface area contributed by atoms with E-state index in [2.05, 4.69) is 25.8 Å². The van der Waals surface area contributed by atoms with Crippen molar-refractivity contribution >= 4 is 11.8 Å². The lowest BCUT2D eigenvalue weighted by Crippen LogP contribution is -2.38. The number of benzene rings is 1. The molecule has 2 amide bonds. The third-order valence-corrected chi connectivity index (χ3v) is 3.82. The van der Waals surface area contributed by atoms with Crippen molar-refractivity contribution in [3.63, 3.8) is 0 Å². The molecule has 27 heavy (non-hydrogen) atoms. The molecule has 3 N–H and O–H groups in total. The zero-order valence-corrected chi connectivity index (χ0v) is 14.7. The maximum atomic E-state index is 13.8. The minimum Gasteiger partial charge on any atom is -0.361 e. The molecule has 3 rings (SSSR count). The van der Waals surface area contributed by atoms with E-state index in [-0.39, 0.29) is 18.1 Å². The summed E-state index contributed by atoms with van der Waals surface area (Å²) in [4.78, 5) is 31.0. The van der Waals surface area contributed by atoms with E-state index in [9.17, 15) is 14.0 Å². The molecule has 140 valence electrons. The molecule has 9 heteroatoms. The number of halogens is 1. The summed E-state index contributed by atoms with van der Waals surface area (Å²) in [7, 11) is 0. The average molecular weight is 371 g/mol. The molecule has 0 aliphatic rings. The van der Waals surface area contributed by atoms with Crippen molar-refractivity contribution < 1.29 is 18.5 Å². The van der Waals surface area contributed by atoms with Crippen LogP contribution >= 0.6 is 0 Å². The number of H-pyrrole nitrogens is 1. The molecule has 0 aliphatic carbocycles. The van der Waals surface area contributed by atoms with Crippen molar-refractivity contribution in [3.8, 4) is 11.3 Å². The highest BCUT2D eigenvalue weighted by molar-refractivity contribution is 5.94. The van der Waals surface area contributed by atoms with E-state index < -0.39 is 17.9 Å². The van der Waals surface area contributed by atoms with Gasteiger partial charge >= 0.3 is 0 Å². The Morgan fingerprint density at radius 3 is 2.81 bits per heavy atom. The van der Waals surface area contributed by atoms with Crippen LogP contribution in [-0.2, 0) is 4.79 Å². The van der Waals surface area contributed by atoms with Crippen LogP contribution in [0, 0.1) is 12.7 Å². The summed E-state index contributed by atoms with van der Waals surface area (Å²) in [6.07, 6.45) is 1.51. The van der Waals surface area contributed by atoms with Crippen LogP contribution in [-0.4, -0.2) is 33.5 Å². The van der Waals surface area contributed by atoms with Gasteiger partial charge in [-0.25, -0.2) is 9.37 Å². The van der Waals surface area contributed by atoms with Crippen molar-refractivity contribution in [2.24, 2.45) is 0 Å². The first kappa shape index (κ1) is 18.3. The second-order valence-corrected chi connectivity index (χ2v) is 5.96. The van der Waals surface area contributed by atoms with Gasteiger partial charge in [-0.3, -0.25) is 9.59 Å². The van der Waals surface area contributed by atoms with Crippen LogP contribution in [0.3, 0.4) is 0 Å². The molecule has 3 aromatic rings. The Hall–Kier alpha value is -3.49. The van der Waals surface area contributed by atoms with Gasteiger partial charge in [-0.1, -0.05) is 17.3 Å². The number of amides is 2. The van der Waals surface area contributed by atoms with Crippen LogP contribution in [0.2, 0.25) is 0 Å². The number of hydrogen-bond acceptors (Lipinski definition) is 5. The zero-order chi connectivity index (χ0) is 19.4. The number of hydrogen-bond donors (Lipinski definition) is 3. The highest BCUT2D eigenvalue weighted by atomic mass is 19.1. The first-order valence-electron chi connectivity index (χ1n) is 8.24. The summed E-state index contributed by atoms with van der Waals surface area (Å²) >= 11 is 0. The monoisotopic (exact) mass is 371 g/mol. The predicted octanol–water partition coefficient (Wildman–Crippen LogP) is 2.12. The summed E-state index contributed by atoms with van der Waals surface area (Å²) in [6.45, 7) is 3.16. The van der Waals surface area contributed by atoms with E-state index in [0.717, 1.165) is 0 Å². The van der Waals surface area contributed by atoms with Crippen LogP contribution in [0.15, 0.2) is 41.1 Å². The molecule has 0 radical (unpaired) electrons. The topological polar surface area (TPSA) is 113 Å². The Kier molecular flexibility index (Phi) is 5.30. The van der Waals surface area contributed by atoms with Crippen LogP contribution in [0.25, 0.3) is 11.3 Å². The molecule has 2 aromatic heterocycles. The Morgan fingerprint density at radius 1 is 1.33 bits per heavy atom. The van der Waals surface area contributed by atoms with E-state index >= 15 is 0 Å². The van der Waals surface area contributed by atoms with Gasteiger partial charge in [0.2, 0.25) is 5.91 Å². The number of carbonyl (C=O) groups excluding carboxylic acids is 2. The molecule has 1 unspecified atom stereocenters. The fraction of sp³-hybridized carbons (Fsp3) is 0.222. The quantitative estimate of drug-likeness (QED) is 0.614. The molecule has 0 saturated heterocycles. The first-order chi connectivity index (χ1) is 12.9. The normalized spacial score (nSPS) is 11.8. The van der Waals surface area contributed by atoms with E-state index in [0.29, 0.717) is 22.8 Å². The number of carbonyl (C=O) groups is 2. The molecule has 0 fully saturated rings. The van der Waals surface area contributed by atoms with Crippen LogP contribution in [0.1, 0.15) is 35.0 Å². The summed E-state index contributed by atoms with van der Waals surface area (Å²) in [5.41, 5.74) is 1.01. The van der Waals surface area contributed by atoms with E-state index in [1.54, 1.807) is 32.0 Å². The molecule has 0 aliphatic heterocycles. The molecular weight excluding hydrogens is 353 g/mol. The smallest absolute Gasteiger partial charge is 0.273 e. The number of nitrogens with one attached hydrogen (secondary N) is 3. The van der Waals surface area contributed by atoms with Crippen molar-refractivity contribution in [2.75, 3.05) is 6.54 Å². The van der Waals surface area contributed by atoms with Gasteiger partial charge in [0, 0.05) is 11.6 Å². The van der Waals surface area contributed by atoms with Gasteiger partial charge in [-0.15, -0.1) is 0 Å². The summed E-state index contributed by atoms with van der Waals surface area (Å²) in [5, 5.41) is 8.73. The molecule has 1 aromatic carbocycles. The number of aromatic amines is 1. The minimum absolute atomic E-state index is 0.105. The largest absolute Gasteiger partial charge is 0.361 e. The van der Waals surface area contributed by atoms with Crippen molar-refractivity contribution in [2.45, 2.75) is 19.9 Å². The number of aromatic nitrogens is 3. The fourth-order valence-electron chi connectivity index (χ4n) is 2.46. The van der Waals surface area contributed by atoms with E-state index in [4.69, 9.17) is 4.52 Å². The Bertz CT molecular complexity index is 965. The highest BCUT2D eigenvalue weighted by Gasteiger charge is 2.16. The maximum Gasteiger partial charge on any atom is 0.273 e. The van der Waals surface area contributed by atoms with Gasteiger partial charge < -0.3 is 20.1 Å². The molecule has 1 atom stereocenters. The summed E-state index contributed by atoms with van der Waals surface area (Å²) < 4.78 is 18.7. The fourth-order valence-corrected chi connectivity index (χ4v) is 2.46. The van der Waals surface area contributed by atoms with Gasteiger partial charge in [-0.2, -0.15) is 0 Å². The van der Waals surface area contributed by atoms with Crippen LogP contribution in [0.4, 0.5) is 4.39 Å². The second kappa shape index (κ2) is 7.81. The van der Waals surface area contributed by atoms with Crippen LogP contribution < -0.4 is 10.6 Å². The molecule has 8 nitrogen and oxygen atoms in total. The first-order valence-corrected chi connectivity index (χ1v) is 8.24. The SMILES string of the molecule is Cc1cc(C(=O)NCC(=O)NC(C)c2ncc(-c3ccccc3F)[nH]2)no1.